The molecular weight excluding hydrogens is 488 g/mol. The van der Waals surface area contributed by atoms with Gasteiger partial charge in [0.05, 0.1) is 5.56 Å². The van der Waals surface area contributed by atoms with Crippen molar-refractivity contribution in [3.63, 3.8) is 0 Å². The van der Waals surface area contributed by atoms with Crippen molar-refractivity contribution in [2.45, 2.75) is 32.2 Å². The van der Waals surface area contributed by atoms with Gasteiger partial charge in [-0.25, -0.2) is 4.79 Å². The molecule has 1 atom stereocenters. The van der Waals surface area contributed by atoms with E-state index in [2.05, 4.69) is 31.4 Å². The number of hydrogen-bond donors (Lipinski definition) is 3. The summed E-state index contributed by atoms with van der Waals surface area (Å²) in [6.45, 7) is 6.43. The van der Waals surface area contributed by atoms with Crippen LogP contribution in [-0.2, 0) is 10.2 Å². The van der Waals surface area contributed by atoms with E-state index in [1.165, 1.54) is 12.1 Å². The van der Waals surface area contributed by atoms with Crippen molar-refractivity contribution in [3.05, 3.63) is 120 Å². The largest absolute Gasteiger partial charge is 0.478 e. The summed E-state index contributed by atoms with van der Waals surface area (Å²) in [5.41, 5.74) is 5.15. The van der Waals surface area contributed by atoms with E-state index in [0.717, 1.165) is 33.4 Å². The maximum absolute atomic E-state index is 13.6. The van der Waals surface area contributed by atoms with Crippen LogP contribution < -0.4 is 10.6 Å². The van der Waals surface area contributed by atoms with E-state index in [-0.39, 0.29) is 16.9 Å². The molecule has 6 nitrogen and oxygen atoms in total. The molecule has 1 amide bonds. The zero-order chi connectivity index (χ0) is 27.6. The summed E-state index contributed by atoms with van der Waals surface area (Å²) in [5, 5.41) is 16.5. The van der Waals surface area contributed by atoms with E-state index in [9.17, 15) is 14.7 Å². The maximum Gasteiger partial charge on any atom is 0.335 e. The van der Waals surface area contributed by atoms with Crippen molar-refractivity contribution in [3.8, 4) is 11.3 Å². The molecule has 0 radical (unpaired) electrons. The lowest BCUT2D eigenvalue weighted by Crippen LogP contribution is -2.27. The quantitative estimate of drug-likeness (QED) is 0.204. The first-order valence-corrected chi connectivity index (χ1v) is 12.8. The second kappa shape index (κ2) is 10.5. The smallest absolute Gasteiger partial charge is 0.335 e. The van der Waals surface area contributed by atoms with E-state index in [4.69, 9.17) is 4.42 Å². The molecule has 1 heterocycles. The summed E-state index contributed by atoms with van der Waals surface area (Å²) in [7, 11) is 0. The van der Waals surface area contributed by atoms with Gasteiger partial charge in [-0.05, 0) is 77.2 Å². The lowest BCUT2D eigenvalue weighted by Gasteiger charge is -2.23. The number of carbonyl (C=O) groups excluding carboxylic acids is 1. The average molecular weight is 519 g/mol. The minimum absolute atomic E-state index is 0.0159. The molecule has 0 spiro atoms. The van der Waals surface area contributed by atoms with E-state index in [1.807, 2.05) is 78.9 Å². The van der Waals surface area contributed by atoms with Crippen molar-refractivity contribution in [2.24, 2.45) is 0 Å². The van der Waals surface area contributed by atoms with Crippen LogP contribution in [0.25, 0.3) is 22.3 Å². The number of rotatable bonds is 7. The van der Waals surface area contributed by atoms with Crippen LogP contribution >= 0.6 is 0 Å². The molecule has 1 aromatic heterocycles. The van der Waals surface area contributed by atoms with Crippen molar-refractivity contribution >= 4 is 34.2 Å². The fourth-order valence-corrected chi connectivity index (χ4v) is 4.41. The van der Waals surface area contributed by atoms with E-state index in [1.54, 1.807) is 12.1 Å². The third kappa shape index (κ3) is 5.85. The Hall–Kier alpha value is -4.84. The summed E-state index contributed by atoms with van der Waals surface area (Å²) in [4.78, 5) is 24.8. The lowest BCUT2D eigenvalue weighted by atomic mass is 9.86. The van der Waals surface area contributed by atoms with Gasteiger partial charge in [0.15, 0.2) is 0 Å². The normalized spacial score (nSPS) is 12.2. The fourth-order valence-electron chi connectivity index (χ4n) is 4.41. The van der Waals surface area contributed by atoms with Gasteiger partial charge in [-0.1, -0.05) is 63.2 Å². The van der Waals surface area contributed by atoms with E-state index < -0.39 is 12.0 Å². The number of amides is 1. The number of carboxylic acid groups (broad SMARTS) is 1. The van der Waals surface area contributed by atoms with Crippen LogP contribution in [0.3, 0.4) is 0 Å². The fraction of sp³-hybridized carbons (Fsp3) is 0.152. The van der Waals surface area contributed by atoms with Crippen LogP contribution in [0.4, 0.5) is 11.4 Å². The van der Waals surface area contributed by atoms with E-state index >= 15 is 0 Å². The molecule has 0 aliphatic heterocycles. The molecule has 5 aromatic rings. The first-order valence-electron chi connectivity index (χ1n) is 12.8. The SMILES string of the molecule is CC(C)(C)c1ccc(C(Nc2ccc(C(=O)O)cc2)C(=O)Nc2ccc(-c3cc4ccccc4o3)cc2)cc1. The second-order valence-electron chi connectivity index (χ2n) is 10.5. The third-order valence-electron chi connectivity index (χ3n) is 6.68. The molecule has 39 heavy (non-hydrogen) atoms. The van der Waals surface area contributed by atoms with Crippen LogP contribution in [0, 0.1) is 0 Å². The van der Waals surface area contributed by atoms with Gasteiger partial charge in [0, 0.05) is 22.3 Å². The third-order valence-corrected chi connectivity index (χ3v) is 6.68. The highest BCUT2D eigenvalue weighted by Crippen LogP contribution is 2.30. The zero-order valence-electron chi connectivity index (χ0n) is 22.1. The summed E-state index contributed by atoms with van der Waals surface area (Å²) in [5.74, 6) is -0.477. The molecule has 196 valence electrons. The molecule has 0 saturated heterocycles. The Balaban J connectivity index is 1.38. The molecule has 0 bridgehead atoms. The van der Waals surface area contributed by atoms with Gasteiger partial charge in [-0.2, -0.15) is 0 Å². The first kappa shape index (κ1) is 25.8. The highest BCUT2D eigenvalue weighted by atomic mass is 16.4. The predicted molar refractivity (Wildman–Crippen MR) is 155 cm³/mol. The van der Waals surface area contributed by atoms with Crippen molar-refractivity contribution in [2.75, 3.05) is 10.6 Å². The number of carboxylic acids is 1. The molecule has 6 heteroatoms. The highest BCUT2D eigenvalue weighted by Gasteiger charge is 2.22. The second-order valence-corrected chi connectivity index (χ2v) is 10.5. The number of benzene rings is 4. The lowest BCUT2D eigenvalue weighted by molar-refractivity contribution is -0.117. The Morgan fingerprint density at radius 3 is 2.05 bits per heavy atom. The van der Waals surface area contributed by atoms with Crippen molar-refractivity contribution in [1.29, 1.82) is 0 Å². The van der Waals surface area contributed by atoms with Gasteiger partial charge in [-0.3, -0.25) is 4.79 Å². The van der Waals surface area contributed by atoms with Crippen LogP contribution in [-0.4, -0.2) is 17.0 Å². The molecule has 0 aliphatic carbocycles. The van der Waals surface area contributed by atoms with Crippen molar-refractivity contribution < 1.29 is 19.1 Å². The molecule has 0 fully saturated rings. The van der Waals surface area contributed by atoms with Crippen molar-refractivity contribution in [1.82, 2.24) is 0 Å². The summed E-state index contributed by atoms with van der Waals surface area (Å²) in [6, 6.07) is 31.0. The Labute approximate surface area is 227 Å². The van der Waals surface area contributed by atoms with Gasteiger partial charge in [0.25, 0.3) is 5.91 Å². The number of carbonyl (C=O) groups is 2. The zero-order valence-corrected chi connectivity index (χ0v) is 22.1. The van der Waals surface area contributed by atoms with E-state index in [0.29, 0.717) is 11.4 Å². The average Bonchev–Trinajstić information content (AvgIpc) is 3.36. The van der Waals surface area contributed by atoms with Gasteiger partial charge < -0.3 is 20.2 Å². The molecule has 4 aromatic carbocycles. The molecular formula is C33H30N2O4. The maximum atomic E-state index is 13.6. The molecule has 0 saturated carbocycles. The number of anilines is 2. The number of para-hydroxylation sites is 1. The number of fused-ring (bicyclic) bond motifs is 1. The topological polar surface area (TPSA) is 91.6 Å². The predicted octanol–water partition coefficient (Wildman–Crippen LogP) is 7.89. The molecule has 1 unspecified atom stereocenters. The number of nitrogens with one attached hydrogen (secondary N) is 2. The standard InChI is InChI=1S/C33H30N2O4/c1-33(2,3)25-14-8-22(9-15-25)30(34-26-18-12-23(13-19-26)32(37)38)31(36)35-27-16-10-21(11-17-27)29-20-24-6-4-5-7-28(24)39-29/h4-20,30,34H,1-3H3,(H,35,36)(H,37,38). The first-order chi connectivity index (χ1) is 18.7. The Morgan fingerprint density at radius 2 is 1.44 bits per heavy atom. The van der Waals surface area contributed by atoms with Crippen LogP contribution in [0.1, 0.15) is 48.3 Å². The number of furan rings is 1. The summed E-state index contributed by atoms with van der Waals surface area (Å²) in [6.07, 6.45) is 0. The Morgan fingerprint density at radius 1 is 0.795 bits per heavy atom. The summed E-state index contributed by atoms with van der Waals surface area (Å²) >= 11 is 0. The highest BCUT2D eigenvalue weighted by molar-refractivity contribution is 5.97. The Kier molecular flexibility index (Phi) is 6.94. The number of hydrogen-bond acceptors (Lipinski definition) is 4. The minimum Gasteiger partial charge on any atom is -0.478 e. The van der Waals surface area contributed by atoms with Crippen LogP contribution in [0.15, 0.2) is 108 Å². The molecule has 3 N–H and O–H groups in total. The number of aromatic carboxylic acids is 1. The van der Waals surface area contributed by atoms with Gasteiger partial charge in [0.1, 0.15) is 17.4 Å². The van der Waals surface area contributed by atoms with Crippen LogP contribution in [0.2, 0.25) is 0 Å². The summed E-state index contributed by atoms with van der Waals surface area (Å²) < 4.78 is 5.96. The molecule has 5 rings (SSSR count). The minimum atomic E-state index is -1.00. The van der Waals surface area contributed by atoms with Gasteiger partial charge in [0.2, 0.25) is 0 Å². The van der Waals surface area contributed by atoms with Gasteiger partial charge in [-0.15, -0.1) is 0 Å². The Bertz CT molecular complexity index is 1580. The van der Waals surface area contributed by atoms with Crippen LogP contribution in [0.5, 0.6) is 0 Å². The van der Waals surface area contributed by atoms with Gasteiger partial charge >= 0.3 is 5.97 Å². The molecule has 0 aliphatic rings. The monoisotopic (exact) mass is 518 g/mol.